The lowest BCUT2D eigenvalue weighted by atomic mass is 10.3. The first-order valence-corrected chi connectivity index (χ1v) is 6.82. The van der Waals surface area contributed by atoms with Gasteiger partial charge in [-0.25, -0.2) is 4.98 Å². The van der Waals surface area contributed by atoms with Gasteiger partial charge in [-0.15, -0.1) is 0 Å². The Morgan fingerprint density at radius 3 is 3.05 bits per heavy atom. The Hall–Kier alpha value is -1.90. The van der Waals surface area contributed by atoms with Crippen molar-refractivity contribution >= 4 is 34.2 Å². The maximum atomic E-state index is 11.9. The van der Waals surface area contributed by atoms with E-state index in [0.29, 0.717) is 15.0 Å². The monoisotopic (exact) mass is 385 g/mol. The fraction of sp³-hybridized carbons (Fsp3) is 0.154. The molecule has 0 aliphatic rings. The molecule has 0 saturated heterocycles. The van der Waals surface area contributed by atoms with Gasteiger partial charge in [0, 0.05) is 18.0 Å². The first kappa shape index (κ1) is 14.5. The van der Waals surface area contributed by atoms with E-state index in [2.05, 4.69) is 10.3 Å². The molecule has 1 amide bonds. The van der Waals surface area contributed by atoms with Gasteiger partial charge in [-0.2, -0.15) is 0 Å². The standard InChI is InChI=1S/C13H12IN3O3/c1-20-10-4-2-3-9(5-10)16-12(18)7-17-8-15-6-11(14)13(17)19/h2-6,8H,7H2,1H3,(H,16,18). The number of ether oxygens (including phenoxy) is 1. The van der Waals surface area contributed by atoms with Crippen LogP contribution >= 0.6 is 22.6 Å². The average Bonchev–Trinajstić information content (AvgIpc) is 2.44. The van der Waals surface area contributed by atoms with E-state index in [4.69, 9.17) is 4.74 Å². The third-order valence-corrected chi connectivity index (χ3v) is 3.27. The number of nitrogens with one attached hydrogen (secondary N) is 1. The molecule has 104 valence electrons. The Labute approximate surface area is 128 Å². The van der Waals surface area contributed by atoms with Crippen LogP contribution in [0.1, 0.15) is 0 Å². The molecule has 2 aromatic rings. The molecule has 0 saturated carbocycles. The number of benzene rings is 1. The summed E-state index contributed by atoms with van der Waals surface area (Å²) in [5, 5.41) is 2.70. The second kappa shape index (κ2) is 6.51. The van der Waals surface area contributed by atoms with Crippen LogP contribution in [0.25, 0.3) is 0 Å². The minimum atomic E-state index is -0.302. The van der Waals surface area contributed by atoms with E-state index < -0.39 is 0 Å². The number of aromatic nitrogens is 2. The molecule has 1 N–H and O–H groups in total. The van der Waals surface area contributed by atoms with Crippen LogP contribution in [-0.4, -0.2) is 22.6 Å². The molecule has 1 aromatic carbocycles. The topological polar surface area (TPSA) is 73.2 Å². The summed E-state index contributed by atoms with van der Waals surface area (Å²) >= 11 is 1.89. The molecule has 0 unspecified atom stereocenters. The minimum Gasteiger partial charge on any atom is -0.497 e. The molecular formula is C13H12IN3O3. The van der Waals surface area contributed by atoms with Gasteiger partial charge in [0.15, 0.2) is 0 Å². The fourth-order valence-electron chi connectivity index (χ4n) is 1.59. The van der Waals surface area contributed by atoms with Gasteiger partial charge in [0.05, 0.1) is 17.0 Å². The molecule has 2 rings (SSSR count). The van der Waals surface area contributed by atoms with Crippen LogP contribution in [0, 0.1) is 3.57 Å². The summed E-state index contributed by atoms with van der Waals surface area (Å²) in [7, 11) is 1.55. The number of hydrogen-bond acceptors (Lipinski definition) is 4. The number of rotatable bonds is 4. The van der Waals surface area contributed by atoms with Crippen LogP contribution < -0.4 is 15.6 Å². The number of carbonyl (C=O) groups excluding carboxylic acids is 1. The highest BCUT2D eigenvalue weighted by atomic mass is 127. The van der Waals surface area contributed by atoms with Crippen LogP contribution in [0.15, 0.2) is 41.6 Å². The van der Waals surface area contributed by atoms with Crippen molar-refractivity contribution in [1.29, 1.82) is 0 Å². The van der Waals surface area contributed by atoms with Crippen molar-refractivity contribution in [3.8, 4) is 5.75 Å². The summed E-state index contributed by atoms with van der Waals surface area (Å²) in [6.07, 6.45) is 2.80. The number of hydrogen-bond donors (Lipinski definition) is 1. The van der Waals surface area contributed by atoms with Gasteiger partial charge in [-0.1, -0.05) is 6.07 Å². The molecule has 1 aromatic heterocycles. The quantitative estimate of drug-likeness (QED) is 0.810. The molecule has 7 heteroatoms. The summed E-state index contributed by atoms with van der Waals surface area (Å²) < 4.78 is 6.80. The number of amides is 1. The molecule has 0 aliphatic heterocycles. The largest absolute Gasteiger partial charge is 0.497 e. The molecule has 0 spiro atoms. The van der Waals surface area contributed by atoms with Gasteiger partial charge in [-0.05, 0) is 34.7 Å². The summed E-state index contributed by atoms with van der Waals surface area (Å²) in [4.78, 5) is 27.6. The summed E-state index contributed by atoms with van der Waals surface area (Å²) in [5.74, 6) is 0.347. The van der Waals surface area contributed by atoms with Gasteiger partial charge in [-0.3, -0.25) is 14.2 Å². The lowest BCUT2D eigenvalue weighted by Gasteiger charge is -2.08. The minimum absolute atomic E-state index is 0.0834. The summed E-state index contributed by atoms with van der Waals surface area (Å²) in [6, 6.07) is 7.00. The van der Waals surface area contributed by atoms with Crippen molar-refractivity contribution in [2.75, 3.05) is 12.4 Å². The molecule has 6 nitrogen and oxygen atoms in total. The predicted molar refractivity (Wildman–Crippen MR) is 82.8 cm³/mol. The zero-order valence-corrected chi connectivity index (χ0v) is 12.8. The van der Waals surface area contributed by atoms with E-state index in [1.54, 1.807) is 31.4 Å². The van der Waals surface area contributed by atoms with Gasteiger partial charge < -0.3 is 10.1 Å². The zero-order valence-electron chi connectivity index (χ0n) is 10.7. The maximum Gasteiger partial charge on any atom is 0.267 e. The zero-order chi connectivity index (χ0) is 14.5. The normalized spacial score (nSPS) is 10.1. The van der Waals surface area contributed by atoms with Crippen molar-refractivity contribution in [3.05, 3.63) is 50.7 Å². The Bertz CT molecular complexity index is 685. The highest BCUT2D eigenvalue weighted by Gasteiger charge is 2.07. The lowest BCUT2D eigenvalue weighted by Crippen LogP contribution is -2.29. The highest BCUT2D eigenvalue weighted by Crippen LogP contribution is 2.16. The molecule has 0 bridgehead atoms. The summed E-state index contributed by atoms with van der Waals surface area (Å²) in [6.45, 7) is -0.0834. The Morgan fingerprint density at radius 2 is 2.30 bits per heavy atom. The first-order chi connectivity index (χ1) is 9.60. The Morgan fingerprint density at radius 1 is 1.50 bits per heavy atom. The van der Waals surface area contributed by atoms with Gasteiger partial charge in [0.1, 0.15) is 12.3 Å². The molecule has 0 radical (unpaired) electrons. The number of halogens is 1. The van der Waals surface area contributed by atoms with Crippen LogP contribution in [0.5, 0.6) is 5.75 Å². The second-order valence-electron chi connectivity index (χ2n) is 3.95. The van der Waals surface area contributed by atoms with E-state index in [0.717, 1.165) is 0 Å². The van der Waals surface area contributed by atoms with Crippen LogP contribution in [0.4, 0.5) is 5.69 Å². The molecule has 20 heavy (non-hydrogen) atoms. The third-order valence-electron chi connectivity index (χ3n) is 2.53. The number of anilines is 1. The number of methoxy groups -OCH3 is 1. The Kier molecular flexibility index (Phi) is 4.72. The molecule has 1 heterocycles. The highest BCUT2D eigenvalue weighted by molar-refractivity contribution is 14.1. The van der Waals surface area contributed by atoms with Crippen molar-refractivity contribution in [2.24, 2.45) is 0 Å². The van der Waals surface area contributed by atoms with Crippen LogP contribution in [-0.2, 0) is 11.3 Å². The first-order valence-electron chi connectivity index (χ1n) is 5.74. The average molecular weight is 385 g/mol. The Balaban J connectivity index is 2.09. The predicted octanol–water partition coefficient (Wildman–Crippen LogP) is 1.50. The SMILES string of the molecule is COc1cccc(NC(=O)Cn2cncc(I)c2=O)c1. The third kappa shape index (κ3) is 3.56. The number of nitrogens with zero attached hydrogens (tertiary/aromatic N) is 2. The van der Waals surface area contributed by atoms with Gasteiger partial charge >= 0.3 is 0 Å². The van der Waals surface area contributed by atoms with Crippen LogP contribution in [0.2, 0.25) is 0 Å². The van der Waals surface area contributed by atoms with E-state index >= 15 is 0 Å². The van der Waals surface area contributed by atoms with E-state index in [9.17, 15) is 9.59 Å². The molecule has 0 atom stereocenters. The fourth-order valence-corrected chi connectivity index (χ4v) is 2.06. The van der Waals surface area contributed by atoms with Crippen molar-refractivity contribution in [1.82, 2.24) is 9.55 Å². The van der Waals surface area contributed by atoms with E-state index in [-0.39, 0.29) is 18.0 Å². The second-order valence-corrected chi connectivity index (χ2v) is 5.12. The van der Waals surface area contributed by atoms with Crippen molar-refractivity contribution < 1.29 is 9.53 Å². The smallest absolute Gasteiger partial charge is 0.267 e. The molecule has 0 fully saturated rings. The summed E-state index contributed by atoms with van der Waals surface area (Å²) in [5.41, 5.74) is 0.377. The molecular weight excluding hydrogens is 373 g/mol. The molecule has 0 aliphatic carbocycles. The van der Waals surface area contributed by atoms with Crippen molar-refractivity contribution in [3.63, 3.8) is 0 Å². The maximum absolute atomic E-state index is 11.9. The van der Waals surface area contributed by atoms with Gasteiger partial charge in [0.2, 0.25) is 5.91 Å². The van der Waals surface area contributed by atoms with Gasteiger partial charge in [0.25, 0.3) is 5.56 Å². The van der Waals surface area contributed by atoms with E-state index in [1.165, 1.54) is 17.1 Å². The lowest BCUT2D eigenvalue weighted by molar-refractivity contribution is -0.116. The van der Waals surface area contributed by atoms with Crippen LogP contribution in [0.3, 0.4) is 0 Å². The van der Waals surface area contributed by atoms with E-state index in [1.807, 2.05) is 22.6 Å². The van der Waals surface area contributed by atoms with Crippen molar-refractivity contribution in [2.45, 2.75) is 6.54 Å². The number of carbonyl (C=O) groups is 1.